The molecule has 0 aromatic rings. The van der Waals surface area contributed by atoms with E-state index < -0.39 is 0 Å². The minimum absolute atomic E-state index is 0.353. The lowest BCUT2D eigenvalue weighted by Crippen LogP contribution is -2.42. The van der Waals surface area contributed by atoms with E-state index in [9.17, 15) is 4.79 Å². The standard InChI is InChI=1S/C17H31NO/c1-3-4-5-15-6-8-16(9-7-15)17(19)18-12-10-14(2)11-13-18/h14-16H,3-13H2,1-2H3. The van der Waals surface area contributed by atoms with Gasteiger partial charge in [0, 0.05) is 19.0 Å². The van der Waals surface area contributed by atoms with Gasteiger partial charge in [-0.1, -0.05) is 33.1 Å². The van der Waals surface area contributed by atoms with Crippen molar-refractivity contribution in [3.05, 3.63) is 0 Å². The molecule has 19 heavy (non-hydrogen) atoms. The fourth-order valence-corrected chi connectivity index (χ4v) is 3.68. The normalized spacial score (nSPS) is 29.5. The van der Waals surface area contributed by atoms with Crippen LogP contribution in [0.25, 0.3) is 0 Å². The number of nitrogens with zero attached hydrogens (tertiary/aromatic N) is 1. The quantitative estimate of drug-likeness (QED) is 0.744. The van der Waals surface area contributed by atoms with Crippen LogP contribution in [0.1, 0.15) is 71.6 Å². The minimum Gasteiger partial charge on any atom is -0.342 e. The Morgan fingerprint density at radius 2 is 1.68 bits per heavy atom. The average Bonchev–Trinajstić information content (AvgIpc) is 2.46. The molecular weight excluding hydrogens is 234 g/mol. The molecule has 0 unspecified atom stereocenters. The first-order chi connectivity index (χ1) is 9.20. The molecule has 2 rings (SSSR count). The van der Waals surface area contributed by atoms with E-state index in [1.165, 1.54) is 44.9 Å². The number of hydrogen-bond donors (Lipinski definition) is 0. The molecule has 2 fully saturated rings. The van der Waals surface area contributed by atoms with Crippen LogP contribution in [-0.4, -0.2) is 23.9 Å². The van der Waals surface area contributed by atoms with Gasteiger partial charge in [0.15, 0.2) is 0 Å². The van der Waals surface area contributed by atoms with Crippen molar-refractivity contribution in [1.29, 1.82) is 0 Å². The Hall–Kier alpha value is -0.530. The number of unbranched alkanes of at least 4 members (excludes halogenated alkanes) is 1. The number of hydrogen-bond acceptors (Lipinski definition) is 1. The molecule has 2 heteroatoms. The van der Waals surface area contributed by atoms with Gasteiger partial charge in [-0.05, 0) is 50.4 Å². The van der Waals surface area contributed by atoms with Crippen LogP contribution in [0.5, 0.6) is 0 Å². The molecule has 0 bridgehead atoms. The van der Waals surface area contributed by atoms with E-state index in [-0.39, 0.29) is 0 Å². The number of likely N-dealkylation sites (tertiary alicyclic amines) is 1. The van der Waals surface area contributed by atoms with Gasteiger partial charge in [0.05, 0.1) is 0 Å². The number of carbonyl (C=O) groups is 1. The number of amides is 1. The highest BCUT2D eigenvalue weighted by Gasteiger charge is 2.30. The van der Waals surface area contributed by atoms with Crippen molar-refractivity contribution in [2.45, 2.75) is 71.6 Å². The summed E-state index contributed by atoms with van der Waals surface area (Å²) in [6.45, 7) is 6.60. The number of rotatable bonds is 4. The molecule has 0 atom stereocenters. The molecule has 1 amide bonds. The summed E-state index contributed by atoms with van der Waals surface area (Å²) in [6, 6.07) is 0. The predicted octanol–water partition coefficient (Wildman–Crippen LogP) is 4.24. The third-order valence-corrected chi connectivity index (χ3v) is 5.26. The molecule has 1 saturated carbocycles. The first kappa shape index (κ1) is 14.9. The van der Waals surface area contributed by atoms with Crippen molar-refractivity contribution < 1.29 is 4.79 Å². The first-order valence-electron chi connectivity index (χ1n) is 8.49. The molecular formula is C17H31NO. The van der Waals surface area contributed by atoms with Gasteiger partial charge in [-0.3, -0.25) is 4.79 Å². The van der Waals surface area contributed by atoms with Gasteiger partial charge in [0.1, 0.15) is 0 Å². The molecule has 2 aliphatic rings. The van der Waals surface area contributed by atoms with Gasteiger partial charge in [0.2, 0.25) is 5.91 Å². The maximum absolute atomic E-state index is 12.5. The van der Waals surface area contributed by atoms with Gasteiger partial charge in [-0.15, -0.1) is 0 Å². The summed E-state index contributed by atoms with van der Waals surface area (Å²) < 4.78 is 0. The molecule has 0 aromatic carbocycles. The Morgan fingerprint density at radius 3 is 2.26 bits per heavy atom. The van der Waals surface area contributed by atoms with Crippen LogP contribution in [0.4, 0.5) is 0 Å². The van der Waals surface area contributed by atoms with Gasteiger partial charge in [-0.25, -0.2) is 0 Å². The lowest BCUT2D eigenvalue weighted by atomic mass is 9.79. The Bertz CT molecular complexity index is 273. The van der Waals surface area contributed by atoms with Crippen molar-refractivity contribution in [3.63, 3.8) is 0 Å². The zero-order chi connectivity index (χ0) is 13.7. The van der Waals surface area contributed by atoms with Crippen molar-refractivity contribution in [2.75, 3.05) is 13.1 Å². The molecule has 0 spiro atoms. The van der Waals surface area contributed by atoms with E-state index >= 15 is 0 Å². The van der Waals surface area contributed by atoms with E-state index in [0.717, 1.165) is 37.8 Å². The van der Waals surface area contributed by atoms with E-state index in [1.807, 2.05) is 0 Å². The molecule has 1 aliphatic carbocycles. The SMILES string of the molecule is CCCCC1CCC(C(=O)N2CCC(C)CC2)CC1. The molecule has 0 radical (unpaired) electrons. The Labute approximate surface area is 118 Å². The largest absolute Gasteiger partial charge is 0.342 e. The summed E-state index contributed by atoms with van der Waals surface area (Å²) in [5.74, 6) is 2.55. The van der Waals surface area contributed by atoms with Gasteiger partial charge < -0.3 is 4.90 Å². The minimum atomic E-state index is 0.353. The molecule has 2 nitrogen and oxygen atoms in total. The topological polar surface area (TPSA) is 20.3 Å². The third-order valence-electron chi connectivity index (χ3n) is 5.26. The Morgan fingerprint density at radius 1 is 1.05 bits per heavy atom. The van der Waals surface area contributed by atoms with Crippen LogP contribution in [0.15, 0.2) is 0 Å². The number of piperidine rings is 1. The number of carbonyl (C=O) groups excluding carboxylic acids is 1. The summed E-state index contributed by atoms with van der Waals surface area (Å²) in [6.07, 6.45) is 11.4. The second kappa shape index (κ2) is 7.31. The summed E-state index contributed by atoms with van der Waals surface area (Å²) in [5, 5.41) is 0. The Kier molecular flexibility index (Phi) is 5.72. The van der Waals surface area contributed by atoms with E-state index in [1.54, 1.807) is 0 Å². The second-order valence-electron chi connectivity index (χ2n) is 6.87. The second-order valence-corrected chi connectivity index (χ2v) is 6.87. The van der Waals surface area contributed by atoms with Crippen molar-refractivity contribution in [1.82, 2.24) is 4.90 Å². The van der Waals surface area contributed by atoms with Crippen LogP contribution >= 0.6 is 0 Å². The summed E-state index contributed by atoms with van der Waals surface area (Å²) in [7, 11) is 0. The first-order valence-corrected chi connectivity index (χ1v) is 8.49. The lowest BCUT2D eigenvalue weighted by molar-refractivity contribution is -0.138. The zero-order valence-corrected chi connectivity index (χ0v) is 12.9. The molecule has 0 N–H and O–H groups in total. The van der Waals surface area contributed by atoms with E-state index in [0.29, 0.717) is 11.8 Å². The fourth-order valence-electron chi connectivity index (χ4n) is 3.68. The average molecular weight is 265 g/mol. The fraction of sp³-hybridized carbons (Fsp3) is 0.941. The van der Waals surface area contributed by atoms with Crippen molar-refractivity contribution in [2.24, 2.45) is 17.8 Å². The summed E-state index contributed by atoms with van der Waals surface area (Å²) in [5.41, 5.74) is 0. The third kappa shape index (κ3) is 4.22. The Balaban J connectivity index is 1.73. The van der Waals surface area contributed by atoms with Gasteiger partial charge >= 0.3 is 0 Å². The zero-order valence-electron chi connectivity index (χ0n) is 12.9. The van der Waals surface area contributed by atoms with E-state index in [4.69, 9.17) is 0 Å². The van der Waals surface area contributed by atoms with Crippen LogP contribution in [-0.2, 0) is 4.79 Å². The maximum atomic E-state index is 12.5. The van der Waals surface area contributed by atoms with Crippen molar-refractivity contribution in [3.8, 4) is 0 Å². The highest BCUT2D eigenvalue weighted by Crippen LogP contribution is 2.33. The molecule has 1 saturated heterocycles. The maximum Gasteiger partial charge on any atom is 0.225 e. The molecule has 0 aromatic heterocycles. The molecule has 1 heterocycles. The van der Waals surface area contributed by atoms with Crippen LogP contribution in [0, 0.1) is 17.8 Å². The van der Waals surface area contributed by atoms with Crippen molar-refractivity contribution >= 4 is 5.91 Å². The lowest BCUT2D eigenvalue weighted by Gasteiger charge is -2.35. The summed E-state index contributed by atoms with van der Waals surface area (Å²) in [4.78, 5) is 14.7. The summed E-state index contributed by atoms with van der Waals surface area (Å²) >= 11 is 0. The van der Waals surface area contributed by atoms with Crippen LogP contribution < -0.4 is 0 Å². The van der Waals surface area contributed by atoms with Gasteiger partial charge in [0.25, 0.3) is 0 Å². The van der Waals surface area contributed by atoms with Crippen LogP contribution in [0.2, 0.25) is 0 Å². The smallest absolute Gasteiger partial charge is 0.225 e. The molecule has 110 valence electrons. The molecule has 1 aliphatic heterocycles. The van der Waals surface area contributed by atoms with Crippen LogP contribution in [0.3, 0.4) is 0 Å². The highest BCUT2D eigenvalue weighted by molar-refractivity contribution is 5.79. The monoisotopic (exact) mass is 265 g/mol. The van der Waals surface area contributed by atoms with Gasteiger partial charge in [-0.2, -0.15) is 0 Å². The predicted molar refractivity (Wildman–Crippen MR) is 80.0 cm³/mol. The van der Waals surface area contributed by atoms with E-state index in [2.05, 4.69) is 18.7 Å². The highest BCUT2D eigenvalue weighted by atomic mass is 16.2.